The van der Waals surface area contributed by atoms with Gasteiger partial charge in [0, 0.05) is 12.7 Å². The van der Waals surface area contributed by atoms with Gasteiger partial charge >= 0.3 is 0 Å². The molecular formula is C11H14O3. The van der Waals surface area contributed by atoms with Crippen molar-refractivity contribution in [2.24, 2.45) is 0 Å². The molecule has 1 aromatic carbocycles. The Balaban J connectivity index is 3.14. The van der Waals surface area contributed by atoms with Crippen molar-refractivity contribution in [1.82, 2.24) is 0 Å². The van der Waals surface area contributed by atoms with Gasteiger partial charge in [-0.2, -0.15) is 0 Å². The summed E-state index contributed by atoms with van der Waals surface area (Å²) in [6.07, 6.45) is 0.210. The number of methoxy groups -OCH3 is 2. The molecule has 1 aromatic rings. The summed E-state index contributed by atoms with van der Waals surface area (Å²) in [7, 11) is 3.08. The number of ether oxygens (including phenoxy) is 2. The molecule has 14 heavy (non-hydrogen) atoms. The van der Waals surface area contributed by atoms with Gasteiger partial charge in [-0.3, -0.25) is 0 Å². The molecule has 3 heteroatoms. The van der Waals surface area contributed by atoms with E-state index in [1.165, 1.54) is 7.11 Å². The van der Waals surface area contributed by atoms with Crippen LogP contribution in [0.5, 0.6) is 5.75 Å². The third kappa shape index (κ3) is 2.12. The number of benzene rings is 1. The van der Waals surface area contributed by atoms with Crippen molar-refractivity contribution in [3.05, 3.63) is 29.3 Å². The molecule has 0 aromatic heterocycles. The van der Waals surface area contributed by atoms with E-state index < -0.39 is 6.10 Å². The van der Waals surface area contributed by atoms with Gasteiger partial charge in [-0.1, -0.05) is 11.6 Å². The van der Waals surface area contributed by atoms with Gasteiger partial charge in [0.15, 0.2) is 6.29 Å². The molecule has 0 bridgehead atoms. The first kappa shape index (κ1) is 10.7. The smallest absolute Gasteiger partial charge is 0.153 e. The average molecular weight is 194 g/mol. The molecule has 0 aliphatic rings. The first-order valence-corrected chi connectivity index (χ1v) is 4.35. The Bertz CT molecular complexity index is 320. The van der Waals surface area contributed by atoms with E-state index in [0.717, 1.165) is 17.4 Å². The van der Waals surface area contributed by atoms with Gasteiger partial charge in [0.1, 0.15) is 11.9 Å². The molecule has 0 saturated carbocycles. The Morgan fingerprint density at radius 1 is 1.36 bits per heavy atom. The van der Waals surface area contributed by atoms with E-state index in [1.54, 1.807) is 7.11 Å². The number of carbonyl (C=O) groups is 1. The second-order valence-electron chi connectivity index (χ2n) is 3.04. The molecule has 0 saturated heterocycles. The fraction of sp³-hybridized carbons (Fsp3) is 0.364. The predicted molar refractivity (Wildman–Crippen MR) is 53.5 cm³/mol. The highest BCUT2D eigenvalue weighted by Crippen LogP contribution is 2.26. The van der Waals surface area contributed by atoms with Crippen molar-refractivity contribution in [3.63, 3.8) is 0 Å². The highest BCUT2D eigenvalue weighted by Gasteiger charge is 2.14. The molecule has 1 unspecified atom stereocenters. The van der Waals surface area contributed by atoms with Crippen LogP contribution in [0.1, 0.15) is 17.2 Å². The van der Waals surface area contributed by atoms with E-state index in [2.05, 4.69) is 0 Å². The number of carbonyl (C=O) groups excluding carboxylic acids is 1. The molecule has 0 fully saturated rings. The topological polar surface area (TPSA) is 35.5 Å². The summed E-state index contributed by atoms with van der Waals surface area (Å²) in [6.45, 7) is 1.96. The number of aldehydes is 1. The van der Waals surface area contributed by atoms with Gasteiger partial charge in [0.25, 0.3) is 0 Å². The fourth-order valence-electron chi connectivity index (χ4n) is 1.33. The quantitative estimate of drug-likeness (QED) is 0.686. The summed E-state index contributed by atoms with van der Waals surface area (Å²) in [5, 5.41) is 0. The maximum Gasteiger partial charge on any atom is 0.153 e. The Morgan fingerprint density at radius 3 is 2.57 bits per heavy atom. The molecule has 0 heterocycles. The second kappa shape index (κ2) is 4.77. The minimum Gasteiger partial charge on any atom is -0.496 e. The summed E-state index contributed by atoms with van der Waals surface area (Å²) >= 11 is 0. The number of hydrogen-bond donors (Lipinski definition) is 0. The summed E-state index contributed by atoms with van der Waals surface area (Å²) in [6, 6.07) is 5.65. The molecular weight excluding hydrogens is 180 g/mol. The minimum absolute atomic E-state index is 0.551. The largest absolute Gasteiger partial charge is 0.496 e. The zero-order valence-corrected chi connectivity index (χ0v) is 8.61. The molecule has 3 nitrogen and oxygen atoms in total. The second-order valence-corrected chi connectivity index (χ2v) is 3.04. The Labute approximate surface area is 83.6 Å². The minimum atomic E-state index is -0.551. The van der Waals surface area contributed by atoms with Crippen LogP contribution in [-0.2, 0) is 9.53 Å². The Morgan fingerprint density at radius 2 is 2.07 bits per heavy atom. The van der Waals surface area contributed by atoms with E-state index in [-0.39, 0.29) is 0 Å². The van der Waals surface area contributed by atoms with E-state index in [4.69, 9.17) is 9.47 Å². The van der Waals surface area contributed by atoms with E-state index in [9.17, 15) is 4.79 Å². The molecule has 0 amide bonds. The highest BCUT2D eigenvalue weighted by atomic mass is 16.5. The SMILES string of the molecule is COc1ccc(C)cc1C(C=O)OC. The number of aryl methyl sites for hydroxylation is 1. The third-order valence-electron chi connectivity index (χ3n) is 2.07. The molecule has 0 radical (unpaired) electrons. The van der Waals surface area contributed by atoms with Crippen LogP contribution < -0.4 is 4.74 Å². The summed E-state index contributed by atoms with van der Waals surface area (Å²) in [5.41, 5.74) is 1.84. The van der Waals surface area contributed by atoms with Crippen molar-refractivity contribution in [3.8, 4) is 5.75 Å². The number of rotatable bonds is 4. The molecule has 0 aliphatic heterocycles. The number of hydrogen-bond acceptors (Lipinski definition) is 3. The van der Waals surface area contributed by atoms with E-state index >= 15 is 0 Å². The van der Waals surface area contributed by atoms with Crippen molar-refractivity contribution in [2.45, 2.75) is 13.0 Å². The summed E-state index contributed by atoms with van der Waals surface area (Å²) in [5.74, 6) is 0.676. The third-order valence-corrected chi connectivity index (χ3v) is 2.07. The monoisotopic (exact) mass is 194 g/mol. The van der Waals surface area contributed by atoms with Crippen LogP contribution in [-0.4, -0.2) is 20.5 Å². The van der Waals surface area contributed by atoms with Gasteiger partial charge in [-0.15, -0.1) is 0 Å². The Kier molecular flexibility index (Phi) is 3.65. The molecule has 0 N–H and O–H groups in total. The fourth-order valence-corrected chi connectivity index (χ4v) is 1.33. The van der Waals surface area contributed by atoms with Crippen LogP contribution in [0.4, 0.5) is 0 Å². The maximum absolute atomic E-state index is 10.7. The van der Waals surface area contributed by atoms with Crippen LogP contribution in [0.15, 0.2) is 18.2 Å². The van der Waals surface area contributed by atoms with Crippen LogP contribution in [0.25, 0.3) is 0 Å². The van der Waals surface area contributed by atoms with Crippen LogP contribution in [0.3, 0.4) is 0 Å². The normalized spacial score (nSPS) is 12.2. The van der Waals surface area contributed by atoms with Crippen LogP contribution in [0.2, 0.25) is 0 Å². The lowest BCUT2D eigenvalue weighted by Gasteiger charge is -2.13. The molecule has 0 aliphatic carbocycles. The average Bonchev–Trinajstić information content (AvgIpc) is 2.20. The van der Waals surface area contributed by atoms with Gasteiger partial charge < -0.3 is 14.3 Å². The highest BCUT2D eigenvalue weighted by molar-refractivity contribution is 5.62. The zero-order valence-electron chi connectivity index (χ0n) is 8.61. The lowest BCUT2D eigenvalue weighted by Crippen LogP contribution is -2.05. The maximum atomic E-state index is 10.7. The lowest BCUT2D eigenvalue weighted by atomic mass is 10.1. The summed E-state index contributed by atoms with van der Waals surface area (Å²) in [4.78, 5) is 10.7. The van der Waals surface area contributed by atoms with Gasteiger partial charge in [-0.25, -0.2) is 0 Å². The van der Waals surface area contributed by atoms with Crippen molar-refractivity contribution >= 4 is 6.29 Å². The molecule has 76 valence electrons. The van der Waals surface area contributed by atoms with Crippen LogP contribution >= 0.6 is 0 Å². The summed E-state index contributed by atoms with van der Waals surface area (Å²) < 4.78 is 10.2. The van der Waals surface area contributed by atoms with Crippen molar-refractivity contribution in [1.29, 1.82) is 0 Å². The first-order chi connectivity index (χ1) is 6.72. The molecule has 0 spiro atoms. The van der Waals surface area contributed by atoms with E-state index in [0.29, 0.717) is 5.75 Å². The lowest BCUT2D eigenvalue weighted by molar-refractivity contribution is -0.116. The van der Waals surface area contributed by atoms with Crippen LogP contribution in [0, 0.1) is 6.92 Å². The standard InChI is InChI=1S/C11H14O3/c1-8-4-5-10(13-2)9(6-8)11(7-12)14-3/h4-7,11H,1-3H3. The molecule has 1 atom stereocenters. The first-order valence-electron chi connectivity index (χ1n) is 4.35. The Hall–Kier alpha value is -1.35. The van der Waals surface area contributed by atoms with Crippen molar-refractivity contribution < 1.29 is 14.3 Å². The van der Waals surface area contributed by atoms with Gasteiger partial charge in [0.2, 0.25) is 0 Å². The molecule has 1 rings (SSSR count). The van der Waals surface area contributed by atoms with Gasteiger partial charge in [0.05, 0.1) is 7.11 Å². The zero-order chi connectivity index (χ0) is 10.6. The van der Waals surface area contributed by atoms with E-state index in [1.807, 2.05) is 25.1 Å². The van der Waals surface area contributed by atoms with Crippen molar-refractivity contribution in [2.75, 3.05) is 14.2 Å². The predicted octanol–water partition coefficient (Wildman–Crippen LogP) is 1.89. The van der Waals surface area contributed by atoms with Gasteiger partial charge in [-0.05, 0) is 19.1 Å².